The molecule has 30 heavy (non-hydrogen) atoms. The van der Waals surface area contributed by atoms with Gasteiger partial charge in [-0.15, -0.1) is 0 Å². The van der Waals surface area contributed by atoms with Gasteiger partial charge in [0.25, 0.3) is 0 Å². The van der Waals surface area contributed by atoms with Gasteiger partial charge < -0.3 is 9.72 Å². The second kappa shape index (κ2) is 7.77. The first kappa shape index (κ1) is 19.7. The van der Waals surface area contributed by atoms with E-state index < -0.39 is 0 Å². The number of aromatic nitrogens is 1. The maximum absolute atomic E-state index is 12.2. The predicted octanol–water partition coefficient (Wildman–Crippen LogP) is 6.53. The Morgan fingerprint density at radius 2 is 1.97 bits per heavy atom. The van der Waals surface area contributed by atoms with Crippen LogP contribution in [0, 0.1) is 18.8 Å². The van der Waals surface area contributed by atoms with Gasteiger partial charge in [0, 0.05) is 28.4 Å². The van der Waals surface area contributed by atoms with Crippen LogP contribution in [0.2, 0.25) is 5.02 Å². The molecule has 2 aliphatic carbocycles. The van der Waals surface area contributed by atoms with Crippen molar-refractivity contribution in [1.82, 2.24) is 4.98 Å². The average Bonchev–Trinajstić information content (AvgIpc) is 3.09. The van der Waals surface area contributed by atoms with Gasteiger partial charge in [0.15, 0.2) is 0 Å². The number of carbonyl (C=O) groups is 1. The number of fused-ring (bicyclic) bond motifs is 5. The molecule has 1 heterocycles. The fourth-order valence-electron chi connectivity index (χ4n) is 5.92. The maximum Gasteiger partial charge on any atom is 0.306 e. The zero-order valence-corrected chi connectivity index (χ0v) is 18.3. The lowest BCUT2D eigenvalue weighted by Crippen LogP contribution is -2.41. The lowest BCUT2D eigenvalue weighted by molar-refractivity contribution is -0.146. The van der Waals surface area contributed by atoms with Crippen LogP contribution < -0.4 is 0 Å². The van der Waals surface area contributed by atoms with Crippen LogP contribution >= 0.6 is 11.6 Å². The van der Waals surface area contributed by atoms with Crippen LogP contribution in [0.3, 0.4) is 0 Å². The molecular weight excluding hydrogens is 394 g/mol. The summed E-state index contributed by atoms with van der Waals surface area (Å²) < 4.78 is 5.24. The van der Waals surface area contributed by atoms with Crippen molar-refractivity contribution >= 4 is 28.5 Å². The molecule has 0 radical (unpaired) electrons. The van der Waals surface area contributed by atoms with E-state index >= 15 is 0 Å². The Bertz CT molecular complexity index is 1090. The lowest BCUT2D eigenvalue weighted by atomic mass is 9.55. The molecule has 2 aromatic carbocycles. The zero-order valence-electron chi connectivity index (χ0n) is 17.6. The van der Waals surface area contributed by atoms with E-state index in [0.717, 1.165) is 28.9 Å². The Labute approximate surface area is 182 Å². The van der Waals surface area contributed by atoms with Crippen LogP contribution in [0.5, 0.6) is 0 Å². The van der Waals surface area contributed by atoms with Crippen LogP contribution in [-0.4, -0.2) is 17.6 Å². The molecule has 4 unspecified atom stereocenters. The van der Waals surface area contributed by atoms with Crippen LogP contribution in [0.4, 0.5) is 0 Å². The molecule has 0 aliphatic heterocycles. The second-order valence-corrected chi connectivity index (χ2v) is 9.37. The van der Waals surface area contributed by atoms with Gasteiger partial charge in [0.2, 0.25) is 0 Å². The van der Waals surface area contributed by atoms with E-state index in [9.17, 15) is 4.79 Å². The molecule has 3 aromatic rings. The molecule has 0 bridgehead atoms. The number of esters is 1. The Kier molecular flexibility index (Phi) is 5.10. The van der Waals surface area contributed by atoms with Gasteiger partial charge in [-0.1, -0.05) is 48.0 Å². The van der Waals surface area contributed by atoms with Crippen molar-refractivity contribution in [1.29, 1.82) is 0 Å². The molecule has 4 heteroatoms. The van der Waals surface area contributed by atoms with E-state index in [-0.39, 0.29) is 5.97 Å². The van der Waals surface area contributed by atoms with E-state index in [0.29, 0.717) is 36.7 Å². The van der Waals surface area contributed by atoms with Gasteiger partial charge in [-0.05, 0) is 73.6 Å². The Balaban J connectivity index is 1.56. The fourth-order valence-corrected chi connectivity index (χ4v) is 6.08. The van der Waals surface area contributed by atoms with Crippen molar-refractivity contribution in [2.24, 2.45) is 11.8 Å². The lowest BCUT2D eigenvalue weighted by Gasteiger charge is -2.49. The van der Waals surface area contributed by atoms with Gasteiger partial charge in [-0.2, -0.15) is 0 Å². The first-order valence-corrected chi connectivity index (χ1v) is 11.4. The molecular formula is C26H28ClNO2. The minimum Gasteiger partial charge on any atom is -0.466 e. The third-order valence-electron chi connectivity index (χ3n) is 7.25. The number of nitrogens with one attached hydrogen (secondary N) is 1. The third-order valence-corrected chi connectivity index (χ3v) is 7.66. The third kappa shape index (κ3) is 3.24. The van der Waals surface area contributed by atoms with Gasteiger partial charge in [0.1, 0.15) is 0 Å². The van der Waals surface area contributed by atoms with Crippen LogP contribution in [-0.2, 0) is 16.0 Å². The molecule has 0 amide bonds. The molecule has 3 nitrogen and oxygen atoms in total. The Morgan fingerprint density at radius 3 is 2.73 bits per heavy atom. The number of hydrogen-bond acceptors (Lipinski definition) is 2. The normalized spacial score (nSPS) is 24.8. The molecule has 1 fully saturated rings. The summed E-state index contributed by atoms with van der Waals surface area (Å²) in [6, 6.07) is 15.0. The predicted molar refractivity (Wildman–Crippen MR) is 121 cm³/mol. The molecule has 1 saturated carbocycles. The Hall–Kier alpha value is -2.26. The number of aromatic amines is 1. The molecule has 0 saturated heterocycles. The minimum atomic E-state index is -0.0655. The van der Waals surface area contributed by atoms with Gasteiger partial charge >= 0.3 is 5.97 Å². The van der Waals surface area contributed by atoms with E-state index in [4.69, 9.17) is 16.3 Å². The number of halogens is 1. The first-order valence-electron chi connectivity index (χ1n) is 11.1. The van der Waals surface area contributed by atoms with Crippen molar-refractivity contribution in [2.75, 3.05) is 6.61 Å². The van der Waals surface area contributed by atoms with E-state index in [1.54, 1.807) is 0 Å². The highest BCUT2D eigenvalue weighted by atomic mass is 35.5. The summed E-state index contributed by atoms with van der Waals surface area (Å²) in [5.41, 5.74) is 6.44. The summed E-state index contributed by atoms with van der Waals surface area (Å²) in [5, 5.41) is 2.10. The highest BCUT2D eigenvalue weighted by Crippen LogP contribution is 2.59. The first-order chi connectivity index (χ1) is 14.6. The molecule has 2 aliphatic rings. The highest BCUT2D eigenvalue weighted by Gasteiger charge is 2.49. The number of aryl methyl sites for hydroxylation is 1. The summed E-state index contributed by atoms with van der Waals surface area (Å²) in [6.45, 7) is 4.42. The smallest absolute Gasteiger partial charge is 0.306 e. The van der Waals surface area contributed by atoms with Crippen molar-refractivity contribution in [3.05, 3.63) is 69.9 Å². The number of hydrogen-bond donors (Lipinski definition) is 1. The quantitative estimate of drug-likeness (QED) is 0.475. The monoisotopic (exact) mass is 421 g/mol. The molecule has 5 rings (SSSR count). The Morgan fingerprint density at radius 1 is 1.17 bits per heavy atom. The summed E-state index contributed by atoms with van der Waals surface area (Å²) in [7, 11) is 0. The van der Waals surface area contributed by atoms with Crippen LogP contribution in [0.15, 0.2) is 42.5 Å². The largest absolute Gasteiger partial charge is 0.466 e. The summed E-state index contributed by atoms with van der Waals surface area (Å²) in [4.78, 5) is 15.9. The minimum absolute atomic E-state index is 0.0655. The fraction of sp³-hybridized carbons (Fsp3) is 0.423. The molecule has 1 aromatic heterocycles. The molecule has 156 valence electrons. The maximum atomic E-state index is 12.2. The van der Waals surface area contributed by atoms with Crippen molar-refractivity contribution < 1.29 is 9.53 Å². The highest BCUT2D eigenvalue weighted by molar-refractivity contribution is 6.32. The molecule has 0 spiro atoms. The number of H-pyrrole nitrogens is 1. The number of carbonyl (C=O) groups excluding carboxylic acids is 1. The average molecular weight is 422 g/mol. The summed E-state index contributed by atoms with van der Waals surface area (Å²) in [5.74, 6) is 1.84. The van der Waals surface area contributed by atoms with Gasteiger partial charge in [-0.25, -0.2) is 0 Å². The van der Waals surface area contributed by atoms with Crippen LogP contribution in [0.25, 0.3) is 10.9 Å². The van der Waals surface area contributed by atoms with E-state index in [2.05, 4.69) is 48.3 Å². The molecule has 1 N–H and O–H groups in total. The van der Waals surface area contributed by atoms with Crippen LogP contribution in [0.1, 0.15) is 60.4 Å². The topological polar surface area (TPSA) is 42.1 Å². The SMILES string of the molecule is CCOC(=O)CC1CC2CC(Cc3ccccc3)c3c([nH]c4c(C)c(Cl)ccc34)C12. The summed E-state index contributed by atoms with van der Waals surface area (Å²) in [6.07, 6.45) is 3.87. The second-order valence-electron chi connectivity index (χ2n) is 8.96. The van der Waals surface area contributed by atoms with Gasteiger partial charge in [0.05, 0.1) is 12.1 Å². The van der Waals surface area contributed by atoms with Crippen molar-refractivity contribution in [3.63, 3.8) is 0 Å². The number of benzene rings is 2. The summed E-state index contributed by atoms with van der Waals surface area (Å²) >= 11 is 6.45. The number of ether oxygens (including phenoxy) is 1. The van der Waals surface area contributed by atoms with Gasteiger partial charge in [-0.3, -0.25) is 4.79 Å². The van der Waals surface area contributed by atoms with E-state index in [1.807, 2.05) is 13.0 Å². The standard InChI is InChI=1S/C26H28ClNO2/c1-3-30-22(29)14-19-13-18-12-17(11-16-7-5-4-6-8-16)24-20-9-10-21(27)15(2)25(20)28-26(24)23(18)19/h4-10,17-19,23,28H,3,11-14H2,1-2H3. The zero-order chi connectivity index (χ0) is 20.8. The van der Waals surface area contributed by atoms with E-state index in [1.165, 1.54) is 28.6 Å². The van der Waals surface area contributed by atoms with Crippen molar-refractivity contribution in [2.45, 2.75) is 51.4 Å². The molecule has 4 atom stereocenters. The van der Waals surface area contributed by atoms with Crippen molar-refractivity contribution in [3.8, 4) is 0 Å². The number of rotatable bonds is 5.